The topological polar surface area (TPSA) is 89.0 Å². The summed E-state index contributed by atoms with van der Waals surface area (Å²) in [6.45, 7) is 4.33. The molecule has 2 rings (SSSR count). The van der Waals surface area contributed by atoms with Crippen molar-refractivity contribution in [1.29, 1.82) is 0 Å². The van der Waals surface area contributed by atoms with Crippen molar-refractivity contribution in [2.45, 2.75) is 31.2 Å². The number of methoxy groups -OCH3 is 1. The zero-order valence-corrected chi connectivity index (χ0v) is 19.4. The second-order valence-corrected chi connectivity index (χ2v) is 9.25. The number of sulfone groups is 1. The van der Waals surface area contributed by atoms with Crippen LogP contribution in [0.3, 0.4) is 0 Å². The number of hydrogen-bond donors (Lipinski definition) is 2. The first kappa shape index (κ1) is 24.7. The molecule has 7 nitrogen and oxygen atoms in total. The second kappa shape index (κ2) is 13.0. The summed E-state index contributed by atoms with van der Waals surface area (Å²) in [5, 5.41) is 6.43. The summed E-state index contributed by atoms with van der Waals surface area (Å²) < 4.78 is 35.7. The number of guanidine groups is 1. The number of ether oxygens (including phenoxy) is 2. The van der Waals surface area contributed by atoms with Gasteiger partial charge in [-0.1, -0.05) is 30.3 Å². The third kappa shape index (κ3) is 8.59. The first-order valence-corrected chi connectivity index (χ1v) is 12.0. The summed E-state index contributed by atoms with van der Waals surface area (Å²) in [6, 6.07) is 14.6. The first-order valence-electron chi connectivity index (χ1n) is 10.4. The third-order valence-corrected chi connectivity index (χ3v) is 6.44. The van der Waals surface area contributed by atoms with Crippen LogP contribution >= 0.6 is 0 Å². The molecular weight excluding hydrogens is 414 g/mol. The molecule has 0 unspecified atom stereocenters. The molecule has 8 heteroatoms. The summed E-state index contributed by atoms with van der Waals surface area (Å²) in [4.78, 5) is 4.57. The monoisotopic (exact) mass is 447 g/mol. The van der Waals surface area contributed by atoms with Crippen molar-refractivity contribution in [3.05, 3.63) is 59.7 Å². The van der Waals surface area contributed by atoms with E-state index in [4.69, 9.17) is 9.47 Å². The fourth-order valence-corrected chi connectivity index (χ4v) is 4.27. The molecule has 0 amide bonds. The van der Waals surface area contributed by atoms with Gasteiger partial charge in [0.2, 0.25) is 0 Å². The van der Waals surface area contributed by atoms with Crippen molar-refractivity contribution in [1.82, 2.24) is 10.6 Å². The molecule has 170 valence electrons. The third-order valence-electron chi connectivity index (χ3n) is 4.63. The van der Waals surface area contributed by atoms with Crippen LogP contribution < -0.4 is 15.4 Å². The predicted octanol–water partition coefficient (Wildman–Crippen LogP) is 2.94. The molecule has 0 spiro atoms. The van der Waals surface area contributed by atoms with Gasteiger partial charge in [-0.25, -0.2) is 8.42 Å². The molecule has 0 aliphatic heterocycles. The van der Waals surface area contributed by atoms with Crippen LogP contribution in [0.25, 0.3) is 0 Å². The van der Waals surface area contributed by atoms with Crippen molar-refractivity contribution in [2.75, 3.05) is 39.7 Å². The Kier molecular flexibility index (Phi) is 10.3. The Morgan fingerprint density at radius 3 is 2.52 bits per heavy atom. The van der Waals surface area contributed by atoms with Gasteiger partial charge in [0.05, 0.1) is 17.3 Å². The van der Waals surface area contributed by atoms with Crippen LogP contribution in [0.2, 0.25) is 0 Å². The Balaban J connectivity index is 1.82. The summed E-state index contributed by atoms with van der Waals surface area (Å²) in [6.07, 6.45) is 1.31. The van der Waals surface area contributed by atoms with E-state index in [2.05, 4.69) is 15.6 Å². The molecule has 0 atom stereocenters. The van der Waals surface area contributed by atoms with Crippen molar-refractivity contribution in [3.63, 3.8) is 0 Å². The fraction of sp³-hybridized carbons (Fsp3) is 0.435. The molecule has 0 aliphatic rings. The lowest BCUT2D eigenvalue weighted by atomic mass is 10.1. The normalized spacial score (nSPS) is 11.9. The van der Waals surface area contributed by atoms with Gasteiger partial charge < -0.3 is 20.1 Å². The summed E-state index contributed by atoms with van der Waals surface area (Å²) >= 11 is 0. The average Bonchev–Trinajstić information content (AvgIpc) is 2.78. The number of nitrogens with one attached hydrogen (secondary N) is 2. The Labute approximate surface area is 185 Å². The minimum atomic E-state index is -3.27. The summed E-state index contributed by atoms with van der Waals surface area (Å²) in [5.74, 6) is 1.54. The quantitative estimate of drug-likeness (QED) is 0.295. The van der Waals surface area contributed by atoms with Gasteiger partial charge in [-0.05, 0) is 37.1 Å². The predicted molar refractivity (Wildman–Crippen MR) is 124 cm³/mol. The highest BCUT2D eigenvalue weighted by molar-refractivity contribution is 7.91. The van der Waals surface area contributed by atoms with E-state index in [1.807, 2.05) is 25.1 Å². The Morgan fingerprint density at radius 1 is 1.03 bits per heavy atom. The van der Waals surface area contributed by atoms with E-state index in [1.165, 1.54) is 0 Å². The van der Waals surface area contributed by atoms with Crippen LogP contribution in [0, 0.1) is 6.92 Å². The SMILES string of the molecule is CN=C(NCCCS(=O)(=O)c1ccccc1)NCc1ccc(C)cc1OCCCOC. The average molecular weight is 448 g/mol. The number of rotatable bonds is 12. The molecule has 2 aromatic carbocycles. The fourth-order valence-electron chi connectivity index (χ4n) is 2.94. The van der Waals surface area contributed by atoms with Crippen LogP contribution in [0.5, 0.6) is 5.75 Å². The van der Waals surface area contributed by atoms with Crippen molar-refractivity contribution < 1.29 is 17.9 Å². The van der Waals surface area contributed by atoms with Gasteiger partial charge in [-0.2, -0.15) is 0 Å². The molecule has 0 fully saturated rings. The van der Waals surface area contributed by atoms with Crippen LogP contribution in [0.4, 0.5) is 0 Å². The van der Waals surface area contributed by atoms with Crippen LogP contribution in [0.1, 0.15) is 24.0 Å². The van der Waals surface area contributed by atoms with E-state index in [9.17, 15) is 8.42 Å². The van der Waals surface area contributed by atoms with E-state index in [0.717, 1.165) is 23.3 Å². The molecule has 2 N–H and O–H groups in total. The largest absolute Gasteiger partial charge is 0.493 e. The maximum absolute atomic E-state index is 12.4. The molecule has 2 aromatic rings. The molecule has 0 heterocycles. The van der Waals surface area contributed by atoms with Gasteiger partial charge in [0.25, 0.3) is 0 Å². The van der Waals surface area contributed by atoms with E-state index in [0.29, 0.717) is 43.6 Å². The zero-order chi connectivity index (χ0) is 22.5. The zero-order valence-electron chi connectivity index (χ0n) is 18.6. The van der Waals surface area contributed by atoms with Gasteiger partial charge in [0, 0.05) is 45.8 Å². The van der Waals surface area contributed by atoms with E-state index in [1.54, 1.807) is 44.5 Å². The highest BCUT2D eigenvalue weighted by Gasteiger charge is 2.13. The van der Waals surface area contributed by atoms with Crippen molar-refractivity contribution in [2.24, 2.45) is 4.99 Å². The molecule has 0 aliphatic carbocycles. The summed E-state index contributed by atoms with van der Waals surface area (Å²) in [5.41, 5.74) is 2.16. The number of aryl methyl sites for hydroxylation is 1. The molecular formula is C23H33N3O4S. The van der Waals surface area contributed by atoms with E-state index >= 15 is 0 Å². The lowest BCUT2D eigenvalue weighted by molar-refractivity contribution is 0.171. The van der Waals surface area contributed by atoms with E-state index in [-0.39, 0.29) is 5.75 Å². The van der Waals surface area contributed by atoms with Crippen LogP contribution in [0.15, 0.2) is 58.4 Å². The number of aliphatic imine (C=N–C) groups is 1. The molecule has 0 saturated carbocycles. The standard InChI is InChI=1S/C23H33N3O4S/c1-19-11-12-20(22(17-19)30-15-8-14-29-3)18-26-23(24-2)25-13-7-16-31(27,28)21-9-5-4-6-10-21/h4-6,9-12,17H,7-8,13-16,18H2,1-3H3,(H2,24,25,26). The molecule has 0 radical (unpaired) electrons. The highest BCUT2D eigenvalue weighted by atomic mass is 32.2. The molecule has 0 aromatic heterocycles. The van der Waals surface area contributed by atoms with Gasteiger partial charge in [0.15, 0.2) is 15.8 Å². The molecule has 0 saturated heterocycles. The second-order valence-electron chi connectivity index (χ2n) is 7.14. The number of benzene rings is 2. The Hall–Kier alpha value is -2.58. The Morgan fingerprint density at radius 2 is 1.81 bits per heavy atom. The van der Waals surface area contributed by atoms with Gasteiger partial charge >= 0.3 is 0 Å². The smallest absolute Gasteiger partial charge is 0.191 e. The lowest BCUT2D eigenvalue weighted by Crippen LogP contribution is -2.37. The van der Waals surface area contributed by atoms with Crippen molar-refractivity contribution in [3.8, 4) is 5.75 Å². The first-order chi connectivity index (χ1) is 15.0. The summed E-state index contributed by atoms with van der Waals surface area (Å²) in [7, 11) is 0.0973. The van der Waals surface area contributed by atoms with E-state index < -0.39 is 9.84 Å². The number of nitrogens with zero attached hydrogens (tertiary/aromatic N) is 1. The maximum atomic E-state index is 12.4. The molecule has 31 heavy (non-hydrogen) atoms. The highest BCUT2D eigenvalue weighted by Crippen LogP contribution is 2.20. The van der Waals surface area contributed by atoms with Crippen LogP contribution in [-0.4, -0.2) is 54.0 Å². The minimum Gasteiger partial charge on any atom is -0.493 e. The molecule has 0 bridgehead atoms. The maximum Gasteiger partial charge on any atom is 0.191 e. The Bertz CT molecular complexity index is 931. The lowest BCUT2D eigenvalue weighted by Gasteiger charge is -2.15. The number of hydrogen-bond acceptors (Lipinski definition) is 5. The minimum absolute atomic E-state index is 0.0818. The van der Waals surface area contributed by atoms with Gasteiger partial charge in [0.1, 0.15) is 5.75 Å². The van der Waals surface area contributed by atoms with Crippen molar-refractivity contribution >= 4 is 15.8 Å². The van der Waals surface area contributed by atoms with Gasteiger partial charge in [-0.3, -0.25) is 4.99 Å². The van der Waals surface area contributed by atoms with Gasteiger partial charge in [-0.15, -0.1) is 0 Å². The van der Waals surface area contributed by atoms with Crippen LogP contribution in [-0.2, 0) is 21.1 Å².